The number of furan rings is 1. The van der Waals surface area contributed by atoms with Gasteiger partial charge in [-0.15, -0.1) is 11.3 Å². The molecule has 0 unspecified atom stereocenters. The third kappa shape index (κ3) is 3.82. The molecule has 0 saturated carbocycles. The van der Waals surface area contributed by atoms with Gasteiger partial charge in [0.05, 0.1) is 11.4 Å². The van der Waals surface area contributed by atoms with Gasteiger partial charge >= 0.3 is 5.97 Å². The van der Waals surface area contributed by atoms with E-state index in [-0.39, 0.29) is 12.4 Å². The van der Waals surface area contributed by atoms with Crippen LogP contribution in [0.3, 0.4) is 0 Å². The summed E-state index contributed by atoms with van der Waals surface area (Å²) in [5.41, 5.74) is 1.47. The van der Waals surface area contributed by atoms with E-state index in [1.54, 1.807) is 25.4 Å². The molecule has 3 rings (SSSR count). The van der Waals surface area contributed by atoms with Crippen LogP contribution in [-0.4, -0.2) is 23.0 Å². The Morgan fingerprint density at radius 3 is 2.96 bits per heavy atom. The average Bonchev–Trinajstić information content (AvgIpc) is 3.23. The smallest absolute Gasteiger partial charge is 0.374 e. The van der Waals surface area contributed by atoms with Gasteiger partial charge in [0.2, 0.25) is 5.76 Å². The summed E-state index contributed by atoms with van der Waals surface area (Å²) in [5.74, 6) is 0.197. The number of hydrogen-bond donors (Lipinski definition) is 0. The Bertz CT molecular complexity index is 782. The summed E-state index contributed by atoms with van der Waals surface area (Å²) in [6.07, 6.45) is 1.71. The van der Waals surface area contributed by atoms with E-state index in [9.17, 15) is 4.79 Å². The summed E-state index contributed by atoms with van der Waals surface area (Å²) in [6.45, 7) is 0.398. The lowest BCUT2D eigenvalue weighted by atomic mass is 10.4. The fourth-order valence-corrected chi connectivity index (χ4v) is 2.68. The molecule has 6 nitrogen and oxygen atoms in total. The molecule has 0 atom stereocenters. The largest absolute Gasteiger partial charge is 0.453 e. The van der Waals surface area contributed by atoms with E-state index in [0.29, 0.717) is 18.1 Å². The summed E-state index contributed by atoms with van der Waals surface area (Å²) in [4.78, 5) is 20.6. The number of carbonyl (C=O) groups excluding carboxylic acids is 1. The summed E-state index contributed by atoms with van der Waals surface area (Å²) in [7, 11) is 1.56. The molecule has 3 aromatic heterocycles. The van der Waals surface area contributed by atoms with Crippen molar-refractivity contribution in [1.29, 1.82) is 0 Å². The van der Waals surface area contributed by atoms with Crippen molar-refractivity contribution in [3.05, 3.63) is 59.1 Å². The van der Waals surface area contributed by atoms with Gasteiger partial charge in [-0.05, 0) is 24.3 Å². The van der Waals surface area contributed by atoms with Crippen LogP contribution in [0.1, 0.15) is 22.0 Å². The molecular formula is C16H14N2O4S. The zero-order chi connectivity index (χ0) is 16.1. The quantitative estimate of drug-likeness (QED) is 0.646. The lowest BCUT2D eigenvalue weighted by molar-refractivity contribution is 0.0425. The summed E-state index contributed by atoms with van der Waals surface area (Å²) < 4.78 is 15.5. The molecule has 3 aromatic rings. The second-order valence-electron chi connectivity index (χ2n) is 4.63. The van der Waals surface area contributed by atoms with Crippen LogP contribution >= 0.6 is 11.3 Å². The second kappa shape index (κ2) is 7.17. The molecule has 0 aliphatic heterocycles. The number of hydrogen-bond acceptors (Lipinski definition) is 7. The van der Waals surface area contributed by atoms with E-state index in [1.165, 1.54) is 11.3 Å². The van der Waals surface area contributed by atoms with Crippen LogP contribution in [0, 0.1) is 0 Å². The molecule has 3 heterocycles. The maximum atomic E-state index is 11.9. The highest BCUT2D eigenvalue weighted by atomic mass is 32.1. The maximum absolute atomic E-state index is 11.9. The number of nitrogens with zero attached hydrogens (tertiary/aromatic N) is 2. The van der Waals surface area contributed by atoms with Crippen LogP contribution in [0.5, 0.6) is 0 Å². The Morgan fingerprint density at radius 1 is 1.26 bits per heavy atom. The van der Waals surface area contributed by atoms with Crippen LogP contribution in [0.15, 0.2) is 46.3 Å². The predicted octanol–water partition coefficient (Wildman–Crippen LogP) is 3.30. The number of thiazole rings is 1. The average molecular weight is 330 g/mol. The monoisotopic (exact) mass is 330 g/mol. The molecule has 0 aromatic carbocycles. The van der Waals surface area contributed by atoms with Gasteiger partial charge in [-0.3, -0.25) is 4.98 Å². The van der Waals surface area contributed by atoms with Crippen molar-refractivity contribution in [2.45, 2.75) is 13.2 Å². The predicted molar refractivity (Wildman–Crippen MR) is 83.9 cm³/mol. The third-order valence-electron chi connectivity index (χ3n) is 2.94. The second-order valence-corrected chi connectivity index (χ2v) is 5.49. The van der Waals surface area contributed by atoms with E-state index >= 15 is 0 Å². The van der Waals surface area contributed by atoms with E-state index in [0.717, 1.165) is 10.7 Å². The van der Waals surface area contributed by atoms with E-state index < -0.39 is 5.97 Å². The van der Waals surface area contributed by atoms with E-state index in [2.05, 4.69) is 9.97 Å². The number of carbonyl (C=O) groups is 1. The highest BCUT2D eigenvalue weighted by molar-refractivity contribution is 7.13. The van der Waals surface area contributed by atoms with Crippen molar-refractivity contribution >= 4 is 17.3 Å². The topological polar surface area (TPSA) is 74.5 Å². The molecule has 0 amide bonds. The molecule has 0 radical (unpaired) electrons. The molecule has 7 heteroatoms. The number of pyridine rings is 1. The van der Waals surface area contributed by atoms with E-state index in [4.69, 9.17) is 13.9 Å². The van der Waals surface area contributed by atoms with Gasteiger partial charge in [-0.25, -0.2) is 9.78 Å². The maximum Gasteiger partial charge on any atom is 0.374 e. The minimum Gasteiger partial charge on any atom is -0.453 e. The van der Waals surface area contributed by atoms with E-state index in [1.807, 2.05) is 23.6 Å². The summed E-state index contributed by atoms with van der Waals surface area (Å²) >= 11 is 1.46. The van der Waals surface area contributed by atoms with Gasteiger partial charge in [-0.2, -0.15) is 0 Å². The first-order valence-electron chi connectivity index (χ1n) is 6.87. The molecular weight excluding hydrogens is 316 g/mol. The van der Waals surface area contributed by atoms with Crippen LogP contribution in [0.2, 0.25) is 0 Å². The lowest BCUT2D eigenvalue weighted by Crippen LogP contribution is -2.04. The van der Waals surface area contributed by atoms with Crippen molar-refractivity contribution in [2.24, 2.45) is 0 Å². The molecule has 0 N–H and O–H groups in total. The molecule has 23 heavy (non-hydrogen) atoms. The Balaban J connectivity index is 1.60. The van der Waals surface area contributed by atoms with Crippen LogP contribution in [0.4, 0.5) is 0 Å². The first-order chi connectivity index (χ1) is 11.3. The minimum atomic E-state index is -0.528. The standard InChI is InChI=1S/C16H14N2O4S/c1-20-9-12-5-6-14(22-12)16(19)21-8-11-10-23-15(18-11)13-4-2-3-7-17-13/h2-7,10H,8-9H2,1H3. The Labute approximate surface area is 136 Å². The molecule has 0 aliphatic rings. The Morgan fingerprint density at radius 2 is 2.17 bits per heavy atom. The number of esters is 1. The minimum absolute atomic E-state index is 0.0858. The summed E-state index contributed by atoms with van der Waals surface area (Å²) in [5, 5.41) is 2.63. The van der Waals surface area contributed by atoms with Crippen molar-refractivity contribution < 1.29 is 18.7 Å². The third-order valence-corrected chi connectivity index (χ3v) is 3.85. The molecule has 0 fully saturated rings. The number of rotatable bonds is 6. The van der Waals surface area contributed by atoms with Crippen molar-refractivity contribution in [3.8, 4) is 10.7 Å². The van der Waals surface area contributed by atoms with Gasteiger partial charge in [0.15, 0.2) is 0 Å². The van der Waals surface area contributed by atoms with Gasteiger partial charge < -0.3 is 13.9 Å². The normalized spacial score (nSPS) is 10.7. The Hall–Kier alpha value is -2.51. The molecule has 0 aliphatic carbocycles. The molecule has 118 valence electrons. The number of methoxy groups -OCH3 is 1. The van der Waals surface area contributed by atoms with Crippen molar-refractivity contribution in [1.82, 2.24) is 9.97 Å². The fourth-order valence-electron chi connectivity index (χ4n) is 1.90. The molecule has 0 saturated heterocycles. The highest BCUT2D eigenvalue weighted by Gasteiger charge is 2.14. The van der Waals surface area contributed by atoms with Crippen LogP contribution in [-0.2, 0) is 22.7 Å². The fraction of sp³-hybridized carbons (Fsp3) is 0.188. The number of aromatic nitrogens is 2. The molecule has 0 spiro atoms. The van der Waals surface area contributed by atoms with Gasteiger partial charge in [0.25, 0.3) is 0 Å². The zero-order valence-corrected chi connectivity index (χ0v) is 13.2. The van der Waals surface area contributed by atoms with Crippen molar-refractivity contribution in [2.75, 3.05) is 7.11 Å². The van der Waals surface area contributed by atoms with Crippen LogP contribution < -0.4 is 0 Å². The van der Waals surface area contributed by atoms with Crippen molar-refractivity contribution in [3.63, 3.8) is 0 Å². The summed E-state index contributed by atoms with van der Waals surface area (Å²) in [6, 6.07) is 8.88. The van der Waals surface area contributed by atoms with Gasteiger partial charge in [-0.1, -0.05) is 6.07 Å². The number of ether oxygens (including phenoxy) is 2. The zero-order valence-electron chi connectivity index (χ0n) is 12.4. The highest BCUT2D eigenvalue weighted by Crippen LogP contribution is 2.22. The van der Waals surface area contributed by atoms with Gasteiger partial charge in [0.1, 0.15) is 24.0 Å². The molecule has 0 bridgehead atoms. The van der Waals surface area contributed by atoms with Gasteiger partial charge in [0, 0.05) is 18.7 Å². The lowest BCUT2D eigenvalue weighted by Gasteiger charge is -2.00. The SMILES string of the molecule is COCc1ccc(C(=O)OCc2csc(-c3ccccn3)n2)o1. The van der Waals surface area contributed by atoms with Crippen LogP contribution in [0.25, 0.3) is 10.7 Å². The first-order valence-corrected chi connectivity index (χ1v) is 7.75. The first kappa shape index (κ1) is 15.4. The Kier molecular flexibility index (Phi) is 4.80.